The van der Waals surface area contributed by atoms with Crippen molar-refractivity contribution in [2.75, 3.05) is 13.2 Å². The predicted molar refractivity (Wildman–Crippen MR) is 95.6 cm³/mol. The molecule has 0 aliphatic carbocycles. The lowest BCUT2D eigenvalue weighted by molar-refractivity contribution is -0.163. The maximum Gasteiger partial charge on any atom is 0.333 e. The third-order valence-electron chi connectivity index (χ3n) is 3.47. The first kappa shape index (κ1) is 21.1. The number of rotatable bonds is 5. The van der Waals surface area contributed by atoms with E-state index in [2.05, 4.69) is 5.32 Å². The molecule has 0 aromatic carbocycles. The van der Waals surface area contributed by atoms with E-state index < -0.39 is 45.7 Å². The van der Waals surface area contributed by atoms with E-state index in [1.54, 1.807) is 5.41 Å². The Labute approximate surface area is 168 Å². The van der Waals surface area contributed by atoms with Gasteiger partial charge in [0.15, 0.2) is 6.04 Å². The summed E-state index contributed by atoms with van der Waals surface area (Å²) < 4.78 is 8.11. The molecule has 2 amide bonds. The van der Waals surface area contributed by atoms with Crippen molar-refractivity contribution in [3.05, 3.63) is 11.0 Å². The standard InChI is InChI=1S/C14H15Cl3N2O6S/c1-6(20)18-9-11(22)19-10(13(23)25-5-14(15,16)17)8(3-24-7(2)21)4-26-12(9)19/h4,9-10,12H,3,5H2,1-2H3,(H,18,20)/t9?,10?,12-/m1/s1. The molecule has 0 bridgehead atoms. The molecular formula is C14H15Cl3N2O6S. The summed E-state index contributed by atoms with van der Waals surface area (Å²) in [6, 6.07) is -1.89. The second-order valence-electron chi connectivity index (χ2n) is 5.55. The van der Waals surface area contributed by atoms with Gasteiger partial charge in [-0.3, -0.25) is 14.4 Å². The van der Waals surface area contributed by atoms with Crippen LogP contribution in [0.25, 0.3) is 0 Å². The predicted octanol–water partition coefficient (Wildman–Crippen LogP) is 1.14. The van der Waals surface area contributed by atoms with E-state index in [-0.39, 0.29) is 12.5 Å². The van der Waals surface area contributed by atoms with E-state index in [0.717, 1.165) is 0 Å². The highest BCUT2D eigenvalue weighted by molar-refractivity contribution is 8.02. The topological polar surface area (TPSA) is 102 Å². The number of amides is 2. The van der Waals surface area contributed by atoms with Crippen molar-refractivity contribution >= 4 is 70.3 Å². The van der Waals surface area contributed by atoms with E-state index in [0.29, 0.717) is 5.57 Å². The van der Waals surface area contributed by atoms with Gasteiger partial charge in [-0.2, -0.15) is 0 Å². The van der Waals surface area contributed by atoms with Gasteiger partial charge in [-0.05, 0) is 5.41 Å². The van der Waals surface area contributed by atoms with Crippen LogP contribution in [-0.2, 0) is 28.7 Å². The van der Waals surface area contributed by atoms with Crippen molar-refractivity contribution in [2.24, 2.45) is 0 Å². The number of nitrogens with zero attached hydrogens (tertiary/aromatic N) is 1. The zero-order valence-electron chi connectivity index (χ0n) is 13.7. The first-order valence-electron chi connectivity index (χ1n) is 7.31. The maximum atomic E-state index is 12.5. The molecule has 2 unspecified atom stereocenters. The third-order valence-corrected chi connectivity index (χ3v) is 5.01. The molecule has 1 fully saturated rings. The van der Waals surface area contributed by atoms with Crippen LogP contribution in [0, 0.1) is 0 Å². The molecule has 12 heteroatoms. The number of hydrogen-bond donors (Lipinski definition) is 1. The minimum absolute atomic E-state index is 0.197. The van der Waals surface area contributed by atoms with Gasteiger partial charge in [0.2, 0.25) is 15.6 Å². The number of ether oxygens (including phenoxy) is 2. The molecule has 0 aromatic heterocycles. The summed E-state index contributed by atoms with van der Waals surface area (Å²) in [6.45, 7) is 1.80. The van der Waals surface area contributed by atoms with E-state index in [9.17, 15) is 19.2 Å². The molecule has 1 saturated heterocycles. The van der Waals surface area contributed by atoms with Crippen molar-refractivity contribution in [1.82, 2.24) is 10.2 Å². The summed E-state index contributed by atoms with van der Waals surface area (Å²) in [6.07, 6.45) is 0. The molecule has 26 heavy (non-hydrogen) atoms. The lowest BCUT2D eigenvalue weighted by atomic mass is 9.98. The highest BCUT2D eigenvalue weighted by Gasteiger charge is 2.56. The number of alkyl halides is 3. The number of carbonyl (C=O) groups is 4. The Morgan fingerprint density at radius 1 is 1.27 bits per heavy atom. The van der Waals surface area contributed by atoms with Crippen LogP contribution in [0.3, 0.4) is 0 Å². The number of β-lactam (4-membered cyclic amide) rings is 1. The Balaban J connectivity index is 2.20. The number of carbonyl (C=O) groups excluding carboxylic acids is 4. The van der Waals surface area contributed by atoms with E-state index in [1.807, 2.05) is 0 Å². The molecule has 0 aromatic rings. The maximum absolute atomic E-state index is 12.5. The van der Waals surface area contributed by atoms with Crippen LogP contribution in [0.2, 0.25) is 0 Å². The van der Waals surface area contributed by atoms with Crippen LogP contribution in [-0.4, -0.2) is 63.1 Å². The Kier molecular flexibility index (Phi) is 6.70. The smallest absolute Gasteiger partial charge is 0.333 e. The number of fused-ring (bicyclic) bond motifs is 1. The quantitative estimate of drug-likeness (QED) is 0.384. The number of nitrogens with one attached hydrogen (secondary N) is 1. The highest BCUT2D eigenvalue weighted by atomic mass is 35.6. The number of esters is 2. The summed E-state index contributed by atoms with van der Waals surface area (Å²) in [4.78, 5) is 48.5. The van der Waals surface area contributed by atoms with Crippen LogP contribution in [0.4, 0.5) is 0 Å². The molecule has 0 spiro atoms. The molecule has 1 N–H and O–H groups in total. The van der Waals surface area contributed by atoms with Gasteiger partial charge in [-0.25, -0.2) is 4.79 Å². The van der Waals surface area contributed by atoms with Crippen LogP contribution in [0.1, 0.15) is 13.8 Å². The summed E-state index contributed by atoms with van der Waals surface area (Å²) in [5.74, 6) is -2.19. The lowest BCUT2D eigenvalue weighted by Crippen LogP contribution is -2.74. The van der Waals surface area contributed by atoms with Crippen LogP contribution < -0.4 is 5.32 Å². The molecule has 2 rings (SSSR count). The molecule has 0 saturated carbocycles. The summed E-state index contributed by atoms with van der Waals surface area (Å²) in [7, 11) is 0. The summed E-state index contributed by atoms with van der Waals surface area (Å²) >= 11 is 18.0. The Hall–Kier alpha value is -1.16. The first-order chi connectivity index (χ1) is 12.0. The molecule has 2 heterocycles. The van der Waals surface area contributed by atoms with Crippen molar-refractivity contribution < 1.29 is 28.7 Å². The first-order valence-corrected chi connectivity index (χ1v) is 9.39. The third kappa shape index (κ3) is 4.97. The van der Waals surface area contributed by atoms with E-state index in [1.165, 1.54) is 30.5 Å². The van der Waals surface area contributed by atoms with Gasteiger partial charge in [-0.15, -0.1) is 11.8 Å². The average molecular weight is 446 g/mol. The summed E-state index contributed by atoms with van der Waals surface area (Å²) in [5, 5.41) is 3.64. The second-order valence-corrected chi connectivity index (χ2v) is 9.06. The van der Waals surface area contributed by atoms with Gasteiger partial charge in [0.25, 0.3) is 0 Å². The van der Waals surface area contributed by atoms with Crippen LogP contribution in [0.15, 0.2) is 11.0 Å². The zero-order valence-corrected chi connectivity index (χ0v) is 16.7. The lowest BCUT2D eigenvalue weighted by Gasteiger charge is -2.51. The van der Waals surface area contributed by atoms with Gasteiger partial charge < -0.3 is 19.7 Å². The van der Waals surface area contributed by atoms with Crippen molar-refractivity contribution in [1.29, 1.82) is 0 Å². The minimum Gasteiger partial charge on any atom is -0.461 e. The van der Waals surface area contributed by atoms with Gasteiger partial charge in [0.05, 0.1) is 0 Å². The Morgan fingerprint density at radius 3 is 2.46 bits per heavy atom. The van der Waals surface area contributed by atoms with E-state index >= 15 is 0 Å². The average Bonchev–Trinajstić information content (AvgIpc) is 2.53. The molecule has 2 aliphatic heterocycles. The highest BCUT2D eigenvalue weighted by Crippen LogP contribution is 2.40. The molecule has 8 nitrogen and oxygen atoms in total. The fourth-order valence-electron chi connectivity index (χ4n) is 2.45. The van der Waals surface area contributed by atoms with Gasteiger partial charge in [0.1, 0.15) is 24.6 Å². The minimum atomic E-state index is -1.81. The second kappa shape index (κ2) is 8.24. The SMILES string of the molecule is CC(=O)NC1C(=O)N2C(C(=O)OCC(Cl)(Cl)Cl)C(COC(C)=O)=CS[C@H]12. The Bertz CT molecular complexity index is 666. The van der Waals surface area contributed by atoms with Crippen molar-refractivity contribution in [3.63, 3.8) is 0 Å². The van der Waals surface area contributed by atoms with Gasteiger partial charge in [-0.1, -0.05) is 34.8 Å². The monoisotopic (exact) mass is 444 g/mol. The van der Waals surface area contributed by atoms with E-state index in [4.69, 9.17) is 44.3 Å². The fourth-order valence-corrected chi connectivity index (χ4v) is 3.82. The number of halogens is 3. The molecule has 2 aliphatic rings. The van der Waals surface area contributed by atoms with Gasteiger partial charge in [0, 0.05) is 19.4 Å². The van der Waals surface area contributed by atoms with Crippen molar-refractivity contribution in [2.45, 2.75) is 35.1 Å². The molecule has 3 atom stereocenters. The van der Waals surface area contributed by atoms with Crippen LogP contribution in [0.5, 0.6) is 0 Å². The largest absolute Gasteiger partial charge is 0.461 e. The number of thioether (sulfide) groups is 1. The van der Waals surface area contributed by atoms with Crippen molar-refractivity contribution in [3.8, 4) is 0 Å². The Morgan fingerprint density at radius 2 is 1.92 bits per heavy atom. The van der Waals surface area contributed by atoms with Crippen LogP contribution >= 0.6 is 46.6 Å². The molecule has 0 radical (unpaired) electrons. The zero-order chi connectivity index (χ0) is 19.6. The fraction of sp³-hybridized carbons (Fsp3) is 0.571. The summed E-state index contributed by atoms with van der Waals surface area (Å²) in [5.41, 5.74) is 0.352. The number of hydrogen-bond acceptors (Lipinski definition) is 7. The molecule has 144 valence electrons. The normalized spacial score (nSPS) is 24.8. The molecular weight excluding hydrogens is 431 g/mol. The van der Waals surface area contributed by atoms with Gasteiger partial charge >= 0.3 is 11.9 Å².